The van der Waals surface area contributed by atoms with Crippen LogP contribution in [0.2, 0.25) is 10.0 Å². The number of nitrogens with zero attached hydrogens (tertiary/aromatic N) is 5. The van der Waals surface area contributed by atoms with Gasteiger partial charge in [0.25, 0.3) is 5.91 Å². The van der Waals surface area contributed by atoms with Crippen LogP contribution in [0, 0.1) is 11.7 Å². The van der Waals surface area contributed by atoms with Gasteiger partial charge in [-0.3, -0.25) is 14.4 Å². The first kappa shape index (κ1) is 34.8. The van der Waals surface area contributed by atoms with Crippen LogP contribution < -0.4 is 0 Å². The number of amides is 3. The maximum Gasteiger partial charge on any atom is 0.263 e. The lowest BCUT2D eigenvalue weighted by atomic mass is 9.81. The number of hydrogen-bond acceptors (Lipinski definition) is 6. The summed E-state index contributed by atoms with van der Waals surface area (Å²) >= 11 is 13.7. The SMILES string of the molecule is CC[C@@H]1CC[C@@H](C(=O)N2CCN(C(C)=O)[C@H](C)C2)N1C(=O)C1=C(C(C)C)N2C(=N[C@@](C)(c3ccc(Cl)cc3)[C@H]2c2ccc(Cl)c(F)c2)S1. The molecule has 5 atom stereocenters. The standard InChI is InChI=1S/C36H42Cl2FN5O3S/c1-7-26-13-15-29(33(46)41-16-17-42(22(5)45)21(4)19-41)43(26)34(47)31-30(20(2)3)44-32(23-8-14-27(38)28(39)18-23)36(6,40-35(44)48-31)24-9-11-25(37)12-10-24/h8-12,14,18,20-21,26,29,32H,7,13,15-17,19H2,1-6H3/t21-,26-,29+,32-,36+/m1/s1. The fourth-order valence-corrected chi connectivity index (χ4v) is 9.48. The lowest BCUT2D eigenvalue weighted by Crippen LogP contribution is -2.58. The molecular weight excluding hydrogens is 672 g/mol. The molecule has 4 aliphatic rings. The van der Waals surface area contributed by atoms with Gasteiger partial charge in [0.05, 0.1) is 11.1 Å². The van der Waals surface area contributed by atoms with Crippen molar-refractivity contribution < 1.29 is 18.8 Å². The summed E-state index contributed by atoms with van der Waals surface area (Å²) in [7, 11) is 0. The Hall–Kier alpha value is -3.08. The monoisotopic (exact) mass is 713 g/mol. The number of fused-ring (bicyclic) bond motifs is 1. The van der Waals surface area contributed by atoms with Crippen LogP contribution in [-0.2, 0) is 19.9 Å². The molecule has 6 rings (SSSR count). The van der Waals surface area contributed by atoms with Gasteiger partial charge in [-0.25, -0.2) is 9.38 Å². The zero-order chi connectivity index (χ0) is 34.7. The Labute approximate surface area is 296 Å². The van der Waals surface area contributed by atoms with E-state index in [1.54, 1.807) is 17.9 Å². The van der Waals surface area contributed by atoms with E-state index in [-0.39, 0.29) is 40.7 Å². The van der Waals surface area contributed by atoms with Crippen molar-refractivity contribution in [1.29, 1.82) is 0 Å². The molecule has 0 aromatic heterocycles. The van der Waals surface area contributed by atoms with Crippen molar-refractivity contribution in [3.8, 4) is 0 Å². The van der Waals surface area contributed by atoms with Crippen LogP contribution in [0.25, 0.3) is 0 Å². The minimum absolute atomic E-state index is 0.00000628. The van der Waals surface area contributed by atoms with Gasteiger partial charge in [-0.05, 0) is 86.2 Å². The highest BCUT2D eigenvalue weighted by Crippen LogP contribution is 2.56. The van der Waals surface area contributed by atoms with Crippen LogP contribution >= 0.6 is 35.0 Å². The van der Waals surface area contributed by atoms with E-state index in [4.69, 9.17) is 28.2 Å². The number of benzene rings is 2. The summed E-state index contributed by atoms with van der Waals surface area (Å²) in [6.07, 6.45) is 2.05. The molecule has 0 N–H and O–H groups in total. The molecule has 0 unspecified atom stereocenters. The smallest absolute Gasteiger partial charge is 0.263 e. The van der Waals surface area contributed by atoms with E-state index in [0.717, 1.165) is 24.1 Å². The summed E-state index contributed by atoms with van der Waals surface area (Å²) in [5, 5.41) is 1.29. The average Bonchev–Trinajstić information content (AvgIpc) is 3.72. The Morgan fingerprint density at radius 3 is 2.40 bits per heavy atom. The van der Waals surface area contributed by atoms with Gasteiger partial charge in [-0.15, -0.1) is 0 Å². The second-order valence-electron chi connectivity index (χ2n) is 13.7. The average molecular weight is 715 g/mol. The zero-order valence-electron chi connectivity index (χ0n) is 28.2. The molecule has 0 bridgehead atoms. The number of allylic oxidation sites excluding steroid dienone is 1. The molecule has 12 heteroatoms. The number of aliphatic imine (C=N–C) groups is 1. The Balaban J connectivity index is 1.39. The number of amidine groups is 1. The van der Waals surface area contributed by atoms with Crippen LogP contribution in [-0.4, -0.2) is 80.2 Å². The molecule has 48 heavy (non-hydrogen) atoms. The summed E-state index contributed by atoms with van der Waals surface area (Å²) in [4.78, 5) is 54.3. The van der Waals surface area contributed by atoms with E-state index < -0.39 is 23.4 Å². The van der Waals surface area contributed by atoms with Crippen LogP contribution in [0.5, 0.6) is 0 Å². The van der Waals surface area contributed by atoms with Gasteiger partial charge in [-0.2, -0.15) is 0 Å². The molecule has 2 aromatic carbocycles. The zero-order valence-corrected chi connectivity index (χ0v) is 30.5. The summed E-state index contributed by atoms with van der Waals surface area (Å²) < 4.78 is 15.0. The lowest BCUT2D eigenvalue weighted by molar-refractivity contribution is -0.147. The third-order valence-corrected chi connectivity index (χ3v) is 11.9. The predicted molar refractivity (Wildman–Crippen MR) is 189 cm³/mol. The molecule has 2 aromatic rings. The van der Waals surface area contributed by atoms with Gasteiger partial charge in [0, 0.05) is 49.4 Å². The minimum Gasteiger partial charge on any atom is -0.337 e. The van der Waals surface area contributed by atoms with E-state index in [2.05, 4.69) is 11.8 Å². The van der Waals surface area contributed by atoms with Crippen LogP contribution in [0.1, 0.15) is 78.0 Å². The van der Waals surface area contributed by atoms with Crippen molar-refractivity contribution in [2.45, 2.75) is 90.5 Å². The Bertz CT molecular complexity index is 1700. The summed E-state index contributed by atoms with van der Waals surface area (Å²) in [6.45, 7) is 13.0. The molecule has 0 aliphatic carbocycles. The third kappa shape index (κ3) is 5.92. The number of halogens is 3. The minimum atomic E-state index is -0.835. The van der Waals surface area contributed by atoms with Gasteiger partial charge in [0.1, 0.15) is 22.3 Å². The maximum atomic E-state index is 15.0. The van der Waals surface area contributed by atoms with Crippen molar-refractivity contribution in [2.24, 2.45) is 10.9 Å². The van der Waals surface area contributed by atoms with E-state index >= 15 is 4.39 Å². The fraction of sp³-hybridized carbons (Fsp3) is 0.500. The van der Waals surface area contributed by atoms with Gasteiger partial charge in [-0.1, -0.05) is 62.2 Å². The molecule has 4 heterocycles. The van der Waals surface area contributed by atoms with E-state index in [1.165, 1.54) is 17.8 Å². The molecule has 4 aliphatic heterocycles. The number of thioether (sulfide) groups is 1. The Morgan fingerprint density at radius 2 is 1.79 bits per heavy atom. The molecule has 3 amide bonds. The number of carbonyl (C=O) groups is 3. The lowest BCUT2D eigenvalue weighted by Gasteiger charge is -2.41. The third-order valence-electron chi connectivity index (χ3n) is 10.3. The van der Waals surface area contributed by atoms with Crippen molar-refractivity contribution >= 4 is 57.9 Å². The van der Waals surface area contributed by atoms with Gasteiger partial charge >= 0.3 is 0 Å². The van der Waals surface area contributed by atoms with E-state index in [0.29, 0.717) is 46.7 Å². The van der Waals surface area contributed by atoms with Gasteiger partial charge in [0.2, 0.25) is 11.8 Å². The molecular formula is C36H42Cl2FN5O3S. The predicted octanol–water partition coefficient (Wildman–Crippen LogP) is 7.22. The van der Waals surface area contributed by atoms with Gasteiger partial charge in [0.15, 0.2) is 5.17 Å². The maximum absolute atomic E-state index is 15.0. The summed E-state index contributed by atoms with van der Waals surface area (Å²) in [6, 6.07) is 11.1. The van der Waals surface area contributed by atoms with Crippen molar-refractivity contribution in [3.63, 3.8) is 0 Å². The molecule has 8 nitrogen and oxygen atoms in total. The molecule has 0 saturated carbocycles. The number of likely N-dealkylation sites (tertiary alicyclic amines) is 1. The summed E-state index contributed by atoms with van der Waals surface area (Å²) in [5.74, 6) is -0.851. The number of rotatable bonds is 6. The highest BCUT2D eigenvalue weighted by molar-refractivity contribution is 8.18. The van der Waals surface area contributed by atoms with Crippen LogP contribution in [0.15, 0.2) is 58.1 Å². The fourth-order valence-electron chi connectivity index (χ4n) is 7.89. The largest absolute Gasteiger partial charge is 0.337 e. The molecule has 0 spiro atoms. The van der Waals surface area contributed by atoms with Crippen LogP contribution in [0.4, 0.5) is 4.39 Å². The Morgan fingerprint density at radius 1 is 1.08 bits per heavy atom. The first-order valence-electron chi connectivity index (χ1n) is 16.7. The Kier molecular flexibility index (Phi) is 9.65. The van der Waals surface area contributed by atoms with Crippen molar-refractivity contribution in [3.05, 3.63) is 80.1 Å². The molecule has 256 valence electrons. The normalized spacial score (nSPS) is 27.2. The second-order valence-corrected chi connectivity index (χ2v) is 15.5. The summed E-state index contributed by atoms with van der Waals surface area (Å²) in [5.41, 5.74) is 1.55. The topological polar surface area (TPSA) is 76.5 Å². The highest BCUT2D eigenvalue weighted by atomic mass is 35.5. The molecule has 2 fully saturated rings. The van der Waals surface area contributed by atoms with E-state index in [1.807, 2.05) is 67.8 Å². The van der Waals surface area contributed by atoms with Gasteiger partial charge < -0.3 is 19.6 Å². The molecule has 2 saturated heterocycles. The highest BCUT2D eigenvalue weighted by Gasteiger charge is 2.55. The molecule has 0 radical (unpaired) electrons. The van der Waals surface area contributed by atoms with Crippen molar-refractivity contribution in [1.82, 2.24) is 19.6 Å². The number of carbonyl (C=O) groups excluding carboxylic acids is 3. The quantitative estimate of drug-likeness (QED) is 0.316. The second kappa shape index (κ2) is 13.3. The van der Waals surface area contributed by atoms with Crippen molar-refractivity contribution in [2.75, 3.05) is 19.6 Å². The first-order chi connectivity index (χ1) is 22.8. The van der Waals surface area contributed by atoms with E-state index in [9.17, 15) is 14.4 Å². The first-order valence-corrected chi connectivity index (χ1v) is 18.2. The number of piperazine rings is 1. The van der Waals surface area contributed by atoms with Crippen LogP contribution in [0.3, 0.4) is 0 Å². The number of hydrogen-bond donors (Lipinski definition) is 0.